The van der Waals surface area contributed by atoms with E-state index in [1.807, 2.05) is 6.07 Å². The first-order valence-corrected chi connectivity index (χ1v) is 9.85. The Morgan fingerprint density at radius 3 is 2.57 bits per heavy atom. The summed E-state index contributed by atoms with van der Waals surface area (Å²) in [5.74, 6) is 1.59. The summed E-state index contributed by atoms with van der Waals surface area (Å²) in [4.78, 5) is 0. The molecule has 0 amide bonds. The van der Waals surface area contributed by atoms with Crippen molar-refractivity contribution in [3.63, 3.8) is 0 Å². The molecule has 1 aliphatic rings. The topological polar surface area (TPSA) is 60.2 Å². The molecule has 0 aliphatic heterocycles. The molecular weight excluding hydrogens is 282 g/mol. The van der Waals surface area contributed by atoms with Gasteiger partial charge in [0.2, 0.25) is 0 Å². The summed E-state index contributed by atoms with van der Waals surface area (Å²) in [5.41, 5.74) is 7.65. The van der Waals surface area contributed by atoms with Crippen molar-refractivity contribution in [3.8, 4) is 0 Å². The van der Waals surface area contributed by atoms with Crippen LogP contribution in [0.2, 0.25) is 0 Å². The predicted octanol–water partition coefficient (Wildman–Crippen LogP) is 3.11. The van der Waals surface area contributed by atoms with Gasteiger partial charge >= 0.3 is 0 Å². The fraction of sp³-hybridized carbons (Fsp3) is 0.647. The molecule has 4 heteroatoms. The molecule has 0 saturated heterocycles. The largest absolute Gasteiger partial charge is 0.327 e. The molecule has 2 N–H and O–H groups in total. The Morgan fingerprint density at radius 1 is 1.19 bits per heavy atom. The molecule has 3 nitrogen and oxygen atoms in total. The van der Waals surface area contributed by atoms with E-state index in [2.05, 4.69) is 24.3 Å². The first kappa shape index (κ1) is 16.5. The highest BCUT2D eigenvalue weighted by molar-refractivity contribution is 7.91. The van der Waals surface area contributed by atoms with E-state index in [4.69, 9.17) is 5.73 Å². The first-order chi connectivity index (χ1) is 10.0. The Hall–Kier alpha value is -0.870. The Balaban J connectivity index is 1.90. The summed E-state index contributed by atoms with van der Waals surface area (Å²) in [5, 5.41) is 0. The normalized spacial score (nSPS) is 26.7. The zero-order valence-electron chi connectivity index (χ0n) is 12.9. The molecule has 0 bridgehead atoms. The monoisotopic (exact) mass is 309 g/mol. The molecular formula is C17H27NO2S. The molecule has 0 heterocycles. The summed E-state index contributed by atoms with van der Waals surface area (Å²) in [6.45, 7) is 1.72. The maximum absolute atomic E-state index is 11.6. The molecule has 0 spiro atoms. The van der Waals surface area contributed by atoms with Crippen molar-refractivity contribution >= 4 is 9.84 Å². The summed E-state index contributed by atoms with van der Waals surface area (Å²) < 4.78 is 23.2. The minimum absolute atomic E-state index is 0.231. The van der Waals surface area contributed by atoms with Crippen LogP contribution in [-0.2, 0) is 9.84 Å². The van der Waals surface area contributed by atoms with E-state index in [0.717, 1.165) is 32.1 Å². The van der Waals surface area contributed by atoms with Crippen molar-refractivity contribution in [1.82, 2.24) is 0 Å². The number of hydrogen-bond acceptors (Lipinski definition) is 3. The number of benzene rings is 1. The van der Waals surface area contributed by atoms with E-state index in [1.54, 1.807) is 6.92 Å². The van der Waals surface area contributed by atoms with Crippen molar-refractivity contribution in [3.05, 3.63) is 35.9 Å². The average Bonchev–Trinajstić information content (AvgIpc) is 2.50. The van der Waals surface area contributed by atoms with Crippen LogP contribution in [0.15, 0.2) is 30.3 Å². The lowest BCUT2D eigenvalue weighted by Crippen LogP contribution is -2.35. The molecule has 1 saturated carbocycles. The van der Waals surface area contributed by atoms with Gasteiger partial charge in [-0.05, 0) is 49.5 Å². The molecule has 1 aromatic rings. The molecule has 3 unspecified atom stereocenters. The highest BCUT2D eigenvalue weighted by atomic mass is 32.2. The molecule has 0 radical (unpaired) electrons. The van der Waals surface area contributed by atoms with Gasteiger partial charge in [-0.15, -0.1) is 0 Å². The van der Waals surface area contributed by atoms with Gasteiger partial charge in [-0.1, -0.05) is 37.3 Å². The van der Waals surface area contributed by atoms with Crippen LogP contribution >= 0.6 is 0 Å². The van der Waals surface area contributed by atoms with Gasteiger partial charge in [-0.2, -0.15) is 0 Å². The Kier molecular flexibility index (Phi) is 5.82. The van der Waals surface area contributed by atoms with Crippen LogP contribution in [-0.4, -0.2) is 26.0 Å². The Bertz CT molecular complexity index is 527. The number of hydrogen-bond donors (Lipinski definition) is 1. The third kappa shape index (κ3) is 4.82. The van der Waals surface area contributed by atoms with E-state index in [1.165, 1.54) is 5.56 Å². The molecule has 118 valence electrons. The summed E-state index contributed by atoms with van der Waals surface area (Å²) in [7, 11) is -2.84. The van der Waals surface area contributed by atoms with E-state index in [-0.39, 0.29) is 11.8 Å². The van der Waals surface area contributed by atoms with E-state index in [0.29, 0.717) is 17.6 Å². The second kappa shape index (κ2) is 7.41. The molecule has 1 fully saturated rings. The van der Waals surface area contributed by atoms with E-state index < -0.39 is 9.84 Å². The minimum Gasteiger partial charge on any atom is -0.327 e. The van der Waals surface area contributed by atoms with Crippen LogP contribution in [0.3, 0.4) is 0 Å². The second-order valence-corrected chi connectivity index (χ2v) is 8.70. The smallest absolute Gasteiger partial charge is 0.150 e. The van der Waals surface area contributed by atoms with Gasteiger partial charge in [0.05, 0.1) is 5.75 Å². The zero-order chi connectivity index (χ0) is 15.3. The molecule has 0 aromatic heterocycles. The third-order valence-corrected chi connectivity index (χ3v) is 6.57. The standard InChI is InChI=1S/C17H27NO2S/c1-2-21(19,20)12-6-9-16-13-15(10-11-17(16)18)14-7-4-3-5-8-14/h3-5,7-8,15-17H,2,6,9-13,18H2,1H3. The van der Waals surface area contributed by atoms with E-state index >= 15 is 0 Å². The van der Waals surface area contributed by atoms with Gasteiger partial charge in [-0.25, -0.2) is 8.42 Å². The molecule has 1 aromatic carbocycles. The van der Waals surface area contributed by atoms with Crippen LogP contribution < -0.4 is 5.73 Å². The highest BCUT2D eigenvalue weighted by Crippen LogP contribution is 2.37. The van der Waals surface area contributed by atoms with Gasteiger partial charge < -0.3 is 5.73 Å². The lowest BCUT2D eigenvalue weighted by molar-refractivity contribution is 0.263. The van der Waals surface area contributed by atoms with Crippen LogP contribution in [0.1, 0.15) is 50.5 Å². The predicted molar refractivity (Wildman–Crippen MR) is 88.1 cm³/mol. The van der Waals surface area contributed by atoms with Crippen LogP contribution in [0, 0.1) is 5.92 Å². The van der Waals surface area contributed by atoms with Crippen molar-refractivity contribution in [2.75, 3.05) is 11.5 Å². The molecule has 2 rings (SSSR count). The number of nitrogens with two attached hydrogens (primary N) is 1. The van der Waals surface area contributed by atoms with Gasteiger partial charge in [0.1, 0.15) is 9.84 Å². The van der Waals surface area contributed by atoms with Crippen molar-refractivity contribution in [1.29, 1.82) is 0 Å². The zero-order valence-corrected chi connectivity index (χ0v) is 13.7. The Morgan fingerprint density at radius 2 is 1.90 bits per heavy atom. The fourth-order valence-electron chi connectivity index (χ4n) is 3.36. The minimum atomic E-state index is -2.84. The lowest BCUT2D eigenvalue weighted by Gasteiger charge is -2.34. The van der Waals surface area contributed by atoms with Crippen molar-refractivity contribution in [2.24, 2.45) is 11.7 Å². The Labute approximate surface area is 128 Å². The van der Waals surface area contributed by atoms with Gasteiger partial charge in [0.25, 0.3) is 0 Å². The maximum Gasteiger partial charge on any atom is 0.150 e. The average molecular weight is 309 g/mol. The fourth-order valence-corrected chi connectivity index (χ4v) is 4.25. The van der Waals surface area contributed by atoms with Gasteiger partial charge in [0, 0.05) is 11.8 Å². The summed E-state index contributed by atoms with van der Waals surface area (Å²) in [6.07, 6.45) is 4.97. The summed E-state index contributed by atoms with van der Waals surface area (Å²) in [6, 6.07) is 10.8. The molecule has 21 heavy (non-hydrogen) atoms. The van der Waals surface area contributed by atoms with Gasteiger partial charge in [0.15, 0.2) is 0 Å². The first-order valence-electron chi connectivity index (χ1n) is 8.03. The quantitative estimate of drug-likeness (QED) is 0.878. The van der Waals surface area contributed by atoms with Crippen molar-refractivity contribution < 1.29 is 8.42 Å². The SMILES string of the molecule is CCS(=O)(=O)CCCC1CC(c2ccccc2)CCC1N. The number of rotatable bonds is 6. The second-order valence-electron chi connectivity index (χ2n) is 6.22. The highest BCUT2D eigenvalue weighted by Gasteiger charge is 2.28. The van der Waals surface area contributed by atoms with Crippen LogP contribution in [0.25, 0.3) is 0 Å². The molecule has 3 atom stereocenters. The summed E-state index contributed by atoms with van der Waals surface area (Å²) >= 11 is 0. The van der Waals surface area contributed by atoms with Gasteiger partial charge in [-0.3, -0.25) is 0 Å². The maximum atomic E-state index is 11.6. The lowest BCUT2D eigenvalue weighted by atomic mass is 9.74. The number of sulfone groups is 1. The molecule has 1 aliphatic carbocycles. The van der Waals surface area contributed by atoms with Crippen molar-refractivity contribution in [2.45, 2.75) is 51.0 Å². The third-order valence-electron chi connectivity index (χ3n) is 4.78. The van der Waals surface area contributed by atoms with E-state index in [9.17, 15) is 8.42 Å². The van der Waals surface area contributed by atoms with Crippen LogP contribution in [0.5, 0.6) is 0 Å². The van der Waals surface area contributed by atoms with Crippen LogP contribution in [0.4, 0.5) is 0 Å².